The Morgan fingerprint density at radius 2 is 1.81 bits per heavy atom. The third kappa shape index (κ3) is 5.86. The number of methoxy groups -OCH3 is 2. The number of aromatic nitrogens is 7. The zero-order valence-corrected chi connectivity index (χ0v) is 28.8. The van der Waals surface area contributed by atoms with Crippen LogP contribution in [0.5, 0.6) is 0 Å². The van der Waals surface area contributed by atoms with Gasteiger partial charge in [0.05, 0.1) is 41.0 Å². The van der Waals surface area contributed by atoms with E-state index in [0.29, 0.717) is 59.1 Å². The van der Waals surface area contributed by atoms with Gasteiger partial charge >= 0.3 is 0 Å². The average molecular weight is 713 g/mol. The first kappa shape index (κ1) is 33.5. The first-order valence-electron chi connectivity index (χ1n) is 16.8. The summed E-state index contributed by atoms with van der Waals surface area (Å²) in [6, 6.07) is 10.6. The van der Waals surface area contributed by atoms with Crippen LogP contribution in [0.2, 0.25) is 0 Å². The van der Waals surface area contributed by atoms with E-state index in [1.54, 1.807) is 19.1 Å². The average Bonchev–Trinajstić information content (AvgIpc) is 3.82. The molecule has 0 unspecified atom stereocenters. The molecule has 8 rings (SSSR count). The lowest BCUT2D eigenvalue weighted by Crippen LogP contribution is -2.47. The second-order valence-electron chi connectivity index (χ2n) is 13.1. The van der Waals surface area contributed by atoms with E-state index in [1.807, 2.05) is 34.6 Å². The van der Waals surface area contributed by atoms with Crippen LogP contribution < -0.4 is 10.2 Å². The van der Waals surface area contributed by atoms with Crippen LogP contribution in [0.15, 0.2) is 54.7 Å². The highest BCUT2D eigenvalue weighted by molar-refractivity contribution is 5.94. The van der Waals surface area contributed by atoms with Gasteiger partial charge in [-0.1, -0.05) is 6.07 Å². The van der Waals surface area contributed by atoms with Gasteiger partial charge in [-0.3, -0.25) is 4.79 Å². The largest absolute Gasteiger partial charge is 0.378 e. The Hall–Kier alpha value is -5.61. The molecule has 0 spiro atoms. The molecule has 6 aromatic rings. The summed E-state index contributed by atoms with van der Waals surface area (Å²) in [5.41, 5.74) is 2.64. The highest BCUT2D eigenvalue weighted by Gasteiger charge is 2.41. The number of carbonyl (C=O) groups excluding carboxylic acids is 1. The lowest BCUT2D eigenvalue weighted by molar-refractivity contribution is -0.132. The Morgan fingerprint density at radius 3 is 2.60 bits per heavy atom. The molecule has 2 aromatic carbocycles. The maximum absolute atomic E-state index is 15.0. The van der Waals surface area contributed by atoms with Gasteiger partial charge in [-0.15, -0.1) is 0 Å². The SMILES string of the molecule is COCc1nc(N2C[C@@H]3C[C@H]2C(=O)N(C)C[C@H](OC)Cn2c(C)nc4cc(F)cc(c42)-c2cccc(n2)N3)c2cnn(-c3ccc(F)cc3F)c2n1. The van der Waals surface area contributed by atoms with Gasteiger partial charge in [0, 0.05) is 58.1 Å². The van der Waals surface area contributed by atoms with Gasteiger partial charge in [-0.05, 0) is 43.7 Å². The number of fused-ring (bicyclic) bond motifs is 6. The summed E-state index contributed by atoms with van der Waals surface area (Å²) in [4.78, 5) is 37.1. The van der Waals surface area contributed by atoms with Crippen molar-refractivity contribution >= 4 is 39.6 Å². The number of nitrogens with one attached hydrogen (secondary N) is 1. The van der Waals surface area contributed by atoms with Crippen molar-refractivity contribution in [2.24, 2.45) is 0 Å². The van der Waals surface area contributed by atoms with E-state index in [9.17, 15) is 9.18 Å². The van der Waals surface area contributed by atoms with Gasteiger partial charge in [0.25, 0.3) is 0 Å². The molecule has 268 valence electrons. The Bertz CT molecular complexity index is 2350. The summed E-state index contributed by atoms with van der Waals surface area (Å²) in [5, 5.41) is 8.39. The molecule has 1 fully saturated rings. The number of halogens is 3. The fourth-order valence-electron chi connectivity index (χ4n) is 7.29. The molecule has 1 saturated heterocycles. The van der Waals surface area contributed by atoms with Crippen molar-refractivity contribution in [2.45, 2.75) is 44.7 Å². The van der Waals surface area contributed by atoms with E-state index in [-0.39, 0.29) is 42.3 Å². The molecule has 13 nitrogen and oxygen atoms in total. The van der Waals surface area contributed by atoms with Crippen LogP contribution in [0.25, 0.3) is 39.0 Å². The van der Waals surface area contributed by atoms with E-state index in [0.717, 1.165) is 17.6 Å². The quantitative estimate of drug-likeness (QED) is 0.270. The van der Waals surface area contributed by atoms with E-state index >= 15 is 8.78 Å². The number of likely N-dealkylation sites (N-methyl/N-ethyl adjacent to an activating group) is 1. The Kier molecular flexibility index (Phi) is 8.50. The van der Waals surface area contributed by atoms with Crippen molar-refractivity contribution in [1.29, 1.82) is 0 Å². The highest BCUT2D eigenvalue weighted by atomic mass is 19.1. The smallest absolute Gasteiger partial charge is 0.245 e. The molecular formula is C36H35F3N10O3. The van der Waals surface area contributed by atoms with Crippen LogP contribution >= 0.6 is 0 Å². The topological polar surface area (TPSA) is 128 Å². The second kappa shape index (κ2) is 13.2. The number of hydrogen-bond donors (Lipinski definition) is 1. The third-order valence-corrected chi connectivity index (χ3v) is 9.67. The fourth-order valence-corrected chi connectivity index (χ4v) is 7.29. The molecule has 3 atom stereocenters. The molecule has 6 heterocycles. The van der Waals surface area contributed by atoms with Crippen molar-refractivity contribution in [3.05, 3.63) is 83.8 Å². The summed E-state index contributed by atoms with van der Waals surface area (Å²) in [5.74, 6) is -0.226. The van der Waals surface area contributed by atoms with E-state index < -0.39 is 29.6 Å². The van der Waals surface area contributed by atoms with E-state index in [4.69, 9.17) is 19.4 Å². The molecular weight excluding hydrogens is 677 g/mol. The number of nitrogens with zero attached hydrogens (tertiary/aromatic N) is 9. The standard InChI is InChI=1S/C36H35F3N10O3/c1-19-41-28-12-21(38)10-24-27-6-5-7-31(43-27)42-22-13-30(36(50)46(2)16-23(52-4)17-47(19)33(24)28)48(15-22)34-25-14-40-49(29-9-8-20(37)11-26(29)39)35(25)45-32(44-34)18-51-3/h5-12,14,22-23,30H,13,15-18H2,1-4H3,(H,42,43)/t22-,23-,30-/m0/s1. The van der Waals surface area contributed by atoms with E-state index in [2.05, 4.69) is 20.4 Å². The summed E-state index contributed by atoms with van der Waals surface area (Å²) in [7, 11) is 4.83. The van der Waals surface area contributed by atoms with Gasteiger partial charge in [0.15, 0.2) is 17.3 Å². The molecule has 16 heteroatoms. The van der Waals surface area contributed by atoms with Crippen LogP contribution in [0.3, 0.4) is 0 Å². The predicted molar refractivity (Wildman–Crippen MR) is 187 cm³/mol. The van der Waals surface area contributed by atoms with Gasteiger partial charge in [0.2, 0.25) is 5.91 Å². The summed E-state index contributed by atoms with van der Waals surface area (Å²) in [6.45, 7) is 2.80. The Balaban J connectivity index is 1.25. The molecule has 4 bridgehead atoms. The van der Waals surface area contributed by atoms with Crippen molar-refractivity contribution in [2.75, 3.05) is 44.6 Å². The molecule has 1 amide bonds. The maximum Gasteiger partial charge on any atom is 0.245 e. The number of hydrogen-bond acceptors (Lipinski definition) is 10. The summed E-state index contributed by atoms with van der Waals surface area (Å²) < 4.78 is 58.4. The number of pyridine rings is 1. The minimum atomic E-state index is -0.814. The number of anilines is 2. The summed E-state index contributed by atoms with van der Waals surface area (Å²) in [6.07, 6.45) is 1.45. The molecule has 2 aliphatic heterocycles. The molecule has 2 aliphatic rings. The van der Waals surface area contributed by atoms with Crippen LogP contribution in [0.1, 0.15) is 18.1 Å². The molecule has 0 saturated carbocycles. The Morgan fingerprint density at radius 1 is 0.962 bits per heavy atom. The van der Waals surface area contributed by atoms with Crippen LogP contribution in [0, 0.1) is 24.4 Å². The molecule has 0 radical (unpaired) electrons. The fraction of sp³-hybridized carbons (Fsp3) is 0.333. The van der Waals surface area contributed by atoms with Crippen LogP contribution in [-0.4, -0.2) is 97.6 Å². The van der Waals surface area contributed by atoms with Crippen molar-refractivity contribution < 1.29 is 27.4 Å². The maximum atomic E-state index is 15.0. The van der Waals surface area contributed by atoms with Gasteiger partial charge < -0.3 is 29.2 Å². The monoisotopic (exact) mass is 712 g/mol. The van der Waals surface area contributed by atoms with Gasteiger partial charge in [-0.2, -0.15) is 5.10 Å². The zero-order chi connectivity index (χ0) is 36.3. The van der Waals surface area contributed by atoms with Crippen molar-refractivity contribution in [3.8, 4) is 16.9 Å². The minimum Gasteiger partial charge on any atom is -0.378 e. The Labute approximate surface area is 296 Å². The summed E-state index contributed by atoms with van der Waals surface area (Å²) >= 11 is 0. The van der Waals surface area contributed by atoms with Crippen LogP contribution in [0.4, 0.5) is 24.8 Å². The lowest BCUT2D eigenvalue weighted by atomic mass is 10.1. The number of imidazole rings is 1. The molecule has 4 aromatic heterocycles. The number of amides is 1. The third-order valence-electron chi connectivity index (χ3n) is 9.67. The number of benzene rings is 2. The second-order valence-corrected chi connectivity index (χ2v) is 13.1. The number of carbonyl (C=O) groups is 1. The van der Waals surface area contributed by atoms with E-state index in [1.165, 1.54) is 36.2 Å². The molecule has 0 aliphatic carbocycles. The first-order valence-corrected chi connectivity index (χ1v) is 16.8. The molecule has 52 heavy (non-hydrogen) atoms. The molecule has 1 N–H and O–H groups in total. The zero-order valence-electron chi connectivity index (χ0n) is 28.8. The normalized spacial score (nSPS) is 19.3. The number of aryl methyl sites for hydroxylation is 1. The lowest BCUT2D eigenvalue weighted by Gasteiger charge is -2.31. The van der Waals surface area contributed by atoms with Crippen molar-refractivity contribution in [1.82, 2.24) is 39.2 Å². The minimum absolute atomic E-state index is 0.00241. The number of ether oxygens (including phenoxy) is 2. The van der Waals surface area contributed by atoms with Crippen LogP contribution in [-0.2, 0) is 27.4 Å². The number of rotatable bonds is 5. The first-order chi connectivity index (χ1) is 25.1. The van der Waals surface area contributed by atoms with Crippen molar-refractivity contribution in [3.63, 3.8) is 0 Å². The van der Waals surface area contributed by atoms with Gasteiger partial charge in [-0.25, -0.2) is 37.8 Å². The van der Waals surface area contributed by atoms with Gasteiger partial charge in [0.1, 0.15) is 47.4 Å². The predicted octanol–water partition coefficient (Wildman–Crippen LogP) is 4.65. The highest BCUT2D eigenvalue weighted by Crippen LogP contribution is 2.35.